The molecule has 0 aliphatic heterocycles. The van der Waals surface area contributed by atoms with Gasteiger partial charge in [-0.1, -0.05) is 56.7 Å². The van der Waals surface area contributed by atoms with E-state index in [4.69, 9.17) is 14.2 Å². The third kappa shape index (κ3) is 6.98. The maximum absolute atomic E-state index is 13.7. The highest BCUT2D eigenvalue weighted by atomic mass is 32.2. The van der Waals surface area contributed by atoms with E-state index < -0.39 is 22.5 Å². The highest BCUT2D eigenvalue weighted by molar-refractivity contribution is 7.92. The van der Waals surface area contributed by atoms with Crippen LogP contribution in [0.5, 0.6) is 17.2 Å². The third-order valence-corrected chi connectivity index (χ3v) is 7.70. The Kier molecular flexibility index (Phi) is 9.27. The summed E-state index contributed by atoms with van der Waals surface area (Å²) in [6.45, 7) is 8.28. The SMILES string of the molecule is COc1ccc(S(=O)(=O)N(CC(=O)NCCOc2ccccc2C(C)(C)C)c2ccc(C)cc2)cc1OC. The fourth-order valence-electron chi connectivity index (χ4n) is 3.88. The second kappa shape index (κ2) is 12.2. The van der Waals surface area contributed by atoms with Gasteiger partial charge >= 0.3 is 0 Å². The Morgan fingerprint density at radius 1 is 0.895 bits per heavy atom. The molecule has 0 aromatic heterocycles. The molecule has 38 heavy (non-hydrogen) atoms. The van der Waals surface area contributed by atoms with Crippen molar-refractivity contribution in [2.24, 2.45) is 0 Å². The number of methoxy groups -OCH3 is 2. The molecule has 0 bridgehead atoms. The number of hydrogen-bond acceptors (Lipinski definition) is 6. The number of carbonyl (C=O) groups is 1. The lowest BCUT2D eigenvalue weighted by Crippen LogP contribution is -2.42. The zero-order valence-corrected chi connectivity index (χ0v) is 23.6. The molecule has 0 unspecified atom stereocenters. The van der Waals surface area contributed by atoms with Gasteiger partial charge in [0.2, 0.25) is 5.91 Å². The molecule has 0 radical (unpaired) electrons. The number of benzene rings is 3. The van der Waals surface area contributed by atoms with Crippen LogP contribution in [-0.4, -0.2) is 48.2 Å². The van der Waals surface area contributed by atoms with Crippen molar-refractivity contribution in [2.75, 3.05) is 38.2 Å². The van der Waals surface area contributed by atoms with Gasteiger partial charge in [-0.3, -0.25) is 9.10 Å². The zero-order valence-electron chi connectivity index (χ0n) is 22.8. The van der Waals surface area contributed by atoms with Gasteiger partial charge in [-0.15, -0.1) is 0 Å². The van der Waals surface area contributed by atoms with E-state index in [1.807, 2.05) is 31.2 Å². The van der Waals surface area contributed by atoms with Crippen LogP contribution in [0.25, 0.3) is 0 Å². The molecule has 0 aliphatic rings. The number of aryl methyl sites for hydroxylation is 1. The van der Waals surface area contributed by atoms with Gasteiger partial charge in [-0.2, -0.15) is 0 Å². The van der Waals surface area contributed by atoms with Crippen molar-refractivity contribution >= 4 is 21.6 Å². The highest BCUT2D eigenvalue weighted by Crippen LogP contribution is 2.33. The molecule has 0 saturated heterocycles. The molecule has 0 fully saturated rings. The van der Waals surface area contributed by atoms with Crippen molar-refractivity contribution in [1.82, 2.24) is 5.32 Å². The normalized spacial score (nSPS) is 11.5. The van der Waals surface area contributed by atoms with Crippen molar-refractivity contribution in [3.05, 3.63) is 77.9 Å². The number of amides is 1. The summed E-state index contributed by atoms with van der Waals surface area (Å²) in [4.78, 5) is 12.9. The third-order valence-electron chi connectivity index (χ3n) is 5.93. The number of rotatable bonds is 11. The lowest BCUT2D eigenvalue weighted by Gasteiger charge is -2.25. The van der Waals surface area contributed by atoms with Gasteiger partial charge in [0.25, 0.3) is 10.0 Å². The first-order valence-corrected chi connectivity index (χ1v) is 13.7. The quantitative estimate of drug-likeness (QED) is 0.355. The molecule has 1 N–H and O–H groups in total. The molecule has 204 valence electrons. The molecular weight excluding hydrogens is 504 g/mol. The average molecular weight is 541 g/mol. The minimum Gasteiger partial charge on any atom is -0.493 e. The van der Waals surface area contributed by atoms with Crippen LogP contribution in [0, 0.1) is 6.92 Å². The van der Waals surface area contributed by atoms with Crippen molar-refractivity contribution in [3.63, 3.8) is 0 Å². The topological polar surface area (TPSA) is 94.2 Å². The standard InChI is InChI=1S/C29H36N2O6S/c1-21-11-13-22(14-12-21)31(38(33,34)23-15-16-26(35-5)27(19-23)36-6)20-28(32)30-17-18-37-25-10-8-7-9-24(25)29(2,3)4/h7-16,19H,17-18,20H2,1-6H3,(H,30,32). The highest BCUT2D eigenvalue weighted by Gasteiger charge is 2.28. The summed E-state index contributed by atoms with van der Waals surface area (Å²) in [5.74, 6) is 0.975. The van der Waals surface area contributed by atoms with Crippen molar-refractivity contribution in [3.8, 4) is 17.2 Å². The summed E-state index contributed by atoms with van der Waals surface area (Å²) >= 11 is 0. The number of carbonyl (C=O) groups excluding carboxylic acids is 1. The zero-order chi connectivity index (χ0) is 27.9. The number of anilines is 1. The minimum atomic E-state index is -4.11. The van der Waals surface area contributed by atoms with E-state index in [1.54, 1.807) is 24.3 Å². The number of ether oxygens (including phenoxy) is 3. The fraction of sp³-hybridized carbons (Fsp3) is 0.345. The molecule has 9 heteroatoms. The van der Waals surface area contributed by atoms with Gasteiger partial charge < -0.3 is 19.5 Å². The number of sulfonamides is 1. The van der Waals surface area contributed by atoms with E-state index in [0.29, 0.717) is 11.4 Å². The summed E-state index contributed by atoms with van der Waals surface area (Å²) in [7, 11) is -1.20. The number of nitrogens with zero attached hydrogens (tertiary/aromatic N) is 1. The maximum atomic E-state index is 13.7. The van der Waals surface area contributed by atoms with E-state index in [-0.39, 0.29) is 29.2 Å². The van der Waals surface area contributed by atoms with Crippen molar-refractivity contribution in [2.45, 2.75) is 38.0 Å². The summed E-state index contributed by atoms with van der Waals surface area (Å²) < 4.78 is 44.9. The maximum Gasteiger partial charge on any atom is 0.264 e. The number of hydrogen-bond donors (Lipinski definition) is 1. The molecule has 3 rings (SSSR count). The Bertz CT molecular complexity index is 1350. The summed E-state index contributed by atoms with van der Waals surface area (Å²) in [5.41, 5.74) is 2.32. The molecule has 1 amide bonds. The predicted molar refractivity (Wildman–Crippen MR) is 149 cm³/mol. The lowest BCUT2D eigenvalue weighted by molar-refractivity contribution is -0.119. The largest absolute Gasteiger partial charge is 0.493 e. The van der Waals surface area contributed by atoms with Crippen LogP contribution in [-0.2, 0) is 20.2 Å². The van der Waals surface area contributed by atoms with Crippen LogP contribution >= 0.6 is 0 Å². The fourth-order valence-corrected chi connectivity index (χ4v) is 5.32. The van der Waals surface area contributed by atoms with Gasteiger partial charge in [0.05, 0.1) is 31.3 Å². The first-order chi connectivity index (χ1) is 18.0. The van der Waals surface area contributed by atoms with Crippen LogP contribution in [0.2, 0.25) is 0 Å². The van der Waals surface area contributed by atoms with Crippen molar-refractivity contribution < 1.29 is 27.4 Å². The van der Waals surface area contributed by atoms with Gasteiger partial charge in [-0.05, 0) is 48.2 Å². The van der Waals surface area contributed by atoms with Crippen LogP contribution < -0.4 is 23.8 Å². The lowest BCUT2D eigenvalue weighted by atomic mass is 9.86. The van der Waals surface area contributed by atoms with E-state index >= 15 is 0 Å². The monoisotopic (exact) mass is 540 g/mol. The van der Waals surface area contributed by atoms with Gasteiger partial charge in [0.1, 0.15) is 18.9 Å². The summed E-state index contributed by atoms with van der Waals surface area (Å²) in [6.07, 6.45) is 0. The first-order valence-electron chi connectivity index (χ1n) is 12.3. The Labute approximate surface area is 225 Å². The molecule has 0 saturated carbocycles. The Balaban J connectivity index is 1.76. The number of para-hydroxylation sites is 1. The van der Waals surface area contributed by atoms with E-state index in [9.17, 15) is 13.2 Å². The molecule has 3 aromatic rings. The van der Waals surface area contributed by atoms with Crippen molar-refractivity contribution in [1.29, 1.82) is 0 Å². The molecular formula is C29H36N2O6S. The Hall–Kier alpha value is -3.72. The van der Waals surface area contributed by atoms with Gasteiger partial charge in [-0.25, -0.2) is 8.42 Å². The van der Waals surface area contributed by atoms with Crippen LogP contribution in [0.1, 0.15) is 31.9 Å². The molecule has 0 aliphatic carbocycles. The van der Waals surface area contributed by atoms with Gasteiger partial charge in [0, 0.05) is 6.07 Å². The summed E-state index contributed by atoms with van der Waals surface area (Å²) in [6, 6.07) is 19.1. The second-order valence-corrected chi connectivity index (χ2v) is 11.7. The van der Waals surface area contributed by atoms with Crippen LogP contribution in [0.15, 0.2) is 71.6 Å². The van der Waals surface area contributed by atoms with E-state index in [1.165, 1.54) is 32.4 Å². The molecule has 0 atom stereocenters. The van der Waals surface area contributed by atoms with Gasteiger partial charge in [0.15, 0.2) is 11.5 Å². The molecule has 3 aromatic carbocycles. The molecule has 0 heterocycles. The van der Waals surface area contributed by atoms with E-state index in [2.05, 4.69) is 26.1 Å². The van der Waals surface area contributed by atoms with Crippen LogP contribution in [0.4, 0.5) is 5.69 Å². The predicted octanol–water partition coefficient (Wildman–Crippen LogP) is 4.70. The smallest absolute Gasteiger partial charge is 0.264 e. The number of nitrogens with one attached hydrogen (secondary N) is 1. The first kappa shape index (κ1) is 28.8. The van der Waals surface area contributed by atoms with Crippen LogP contribution in [0.3, 0.4) is 0 Å². The van der Waals surface area contributed by atoms with E-state index in [0.717, 1.165) is 21.2 Å². The Morgan fingerprint density at radius 3 is 2.18 bits per heavy atom. The minimum absolute atomic E-state index is 0.0226. The average Bonchev–Trinajstić information content (AvgIpc) is 2.89. The second-order valence-electron chi connectivity index (χ2n) is 9.81. The Morgan fingerprint density at radius 2 is 1.55 bits per heavy atom. The molecule has 8 nitrogen and oxygen atoms in total. The summed E-state index contributed by atoms with van der Waals surface area (Å²) in [5, 5.41) is 2.77. The molecule has 0 spiro atoms.